The van der Waals surface area contributed by atoms with Gasteiger partial charge in [-0.2, -0.15) is 4.98 Å². The van der Waals surface area contributed by atoms with Crippen LogP contribution < -0.4 is 11.0 Å². The quantitative estimate of drug-likeness (QED) is 0.914. The molecular weight excluding hydrogens is 248 g/mol. The van der Waals surface area contributed by atoms with Gasteiger partial charge in [-0.3, -0.25) is 4.57 Å². The normalized spacial score (nSPS) is 10.6. The van der Waals surface area contributed by atoms with Crippen molar-refractivity contribution in [2.75, 3.05) is 11.9 Å². The molecule has 2 rings (SSSR count). The van der Waals surface area contributed by atoms with Crippen molar-refractivity contribution >= 4 is 16.5 Å². The fourth-order valence-corrected chi connectivity index (χ4v) is 2.61. The molecule has 0 aromatic carbocycles. The van der Waals surface area contributed by atoms with Gasteiger partial charge < -0.3 is 5.32 Å². The van der Waals surface area contributed by atoms with Crippen molar-refractivity contribution in [3.63, 3.8) is 0 Å². The van der Waals surface area contributed by atoms with Gasteiger partial charge in [-0.05, 0) is 26.8 Å². The van der Waals surface area contributed by atoms with E-state index >= 15 is 0 Å². The van der Waals surface area contributed by atoms with Gasteiger partial charge in [0.2, 0.25) is 0 Å². The van der Waals surface area contributed by atoms with Gasteiger partial charge in [0, 0.05) is 29.0 Å². The lowest BCUT2D eigenvalue weighted by atomic mass is 10.3. The molecular formula is C12H16N4OS. The number of hydrogen-bond donors (Lipinski definition) is 1. The van der Waals surface area contributed by atoms with E-state index in [-0.39, 0.29) is 5.69 Å². The van der Waals surface area contributed by atoms with Gasteiger partial charge in [0.05, 0.1) is 6.54 Å². The second-order valence-electron chi connectivity index (χ2n) is 4.07. The van der Waals surface area contributed by atoms with Crippen molar-refractivity contribution in [2.45, 2.75) is 27.3 Å². The van der Waals surface area contributed by atoms with Crippen LogP contribution in [0.1, 0.15) is 23.2 Å². The number of anilines is 1. The molecule has 96 valence electrons. The zero-order valence-electron chi connectivity index (χ0n) is 10.7. The molecule has 0 saturated heterocycles. The van der Waals surface area contributed by atoms with Crippen LogP contribution in [0.25, 0.3) is 0 Å². The zero-order chi connectivity index (χ0) is 13.1. The van der Waals surface area contributed by atoms with Crippen LogP contribution in [0.15, 0.2) is 17.1 Å². The molecule has 0 spiro atoms. The lowest BCUT2D eigenvalue weighted by Crippen LogP contribution is -2.25. The van der Waals surface area contributed by atoms with Crippen LogP contribution in [0.2, 0.25) is 0 Å². The van der Waals surface area contributed by atoms with Gasteiger partial charge in [0.1, 0.15) is 0 Å². The number of rotatable bonds is 4. The first-order chi connectivity index (χ1) is 8.60. The Morgan fingerprint density at radius 1 is 1.44 bits per heavy atom. The zero-order valence-corrected chi connectivity index (χ0v) is 11.5. The van der Waals surface area contributed by atoms with Crippen LogP contribution in [0.4, 0.5) is 5.13 Å². The highest BCUT2D eigenvalue weighted by atomic mass is 32.1. The minimum Gasteiger partial charge on any atom is -0.362 e. The molecule has 5 nitrogen and oxygen atoms in total. The second-order valence-corrected chi connectivity index (χ2v) is 5.18. The standard InChI is InChI=1S/C12H16N4OS/c1-4-13-11-14-6-10(18-11)7-16-9(3)5-8(2)15-12(16)17/h5-6H,4,7H2,1-3H3,(H,13,14). The summed E-state index contributed by atoms with van der Waals surface area (Å²) in [6.07, 6.45) is 1.80. The van der Waals surface area contributed by atoms with E-state index in [9.17, 15) is 4.79 Å². The first-order valence-electron chi connectivity index (χ1n) is 5.84. The van der Waals surface area contributed by atoms with Crippen molar-refractivity contribution in [2.24, 2.45) is 0 Å². The number of nitrogens with one attached hydrogen (secondary N) is 1. The van der Waals surface area contributed by atoms with Gasteiger partial charge >= 0.3 is 5.69 Å². The summed E-state index contributed by atoms with van der Waals surface area (Å²) < 4.78 is 1.66. The highest BCUT2D eigenvalue weighted by Crippen LogP contribution is 2.18. The Morgan fingerprint density at radius 2 is 2.22 bits per heavy atom. The predicted octanol–water partition coefficient (Wildman–Crippen LogP) is 1.80. The third kappa shape index (κ3) is 2.76. The number of nitrogens with zero attached hydrogens (tertiary/aromatic N) is 3. The van der Waals surface area contributed by atoms with Crippen LogP contribution >= 0.6 is 11.3 Å². The molecule has 0 radical (unpaired) electrons. The molecule has 2 aromatic heterocycles. The maximum Gasteiger partial charge on any atom is 0.348 e. The summed E-state index contributed by atoms with van der Waals surface area (Å²) in [5.41, 5.74) is 1.48. The Hall–Kier alpha value is -1.69. The maximum atomic E-state index is 11.8. The summed E-state index contributed by atoms with van der Waals surface area (Å²) in [4.78, 5) is 21.1. The fraction of sp³-hybridized carbons (Fsp3) is 0.417. The molecule has 0 atom stereocenters. The summed E-state index contributed by atoms with van der Waals surface area (Å²) in [6, 6.07) is 1.91. The molecule has 0 saturated carbocycles. The van der Waals surface area contributed by atoms with Gasteiger partial charge in [0.25, 0.3) is 0 Å². The molecule has 0 aliphatic heterocycles. The number of aromatic nitrogens is 3. The lowest BCUT2D eigenvalue weighted by molar-refractivity contribution is 0.700. The van der Waals surface area contributed by atoms with E-state index in [1.165, 1.54) is 0 Å². The molecule has 18 heavy (non-hydrogen) atoms. The molecule has 0 fully saturated rings. The van der Waals surface area contributed by atoms with Gasteiger partial charge in [-0.1, -0.05) is 0 Å². The van der Waals surface area contributed by atoms with E-state index < -0.39 is 0 Å². The molecule has 0 amide bonds. The topological polar surface area (TPSA) is 59.8 Å². The molecule has 1 N–H and O–H groups in total. The minimum atomic E-state index is -0.203. The van der Waals surface area contributed by atoms with E-state index in [0.717, 1.165) is 27.9 Å². The SMILES string of the molecule is CCNc1ncc(Cn2c(C)cc(C)nc2=O)s1. The Morgan fingerprint density at radius 3 is 2.89 bits per heavy atom. The van der Waals surface area contributed by atoms with Crippen LogP contribution in [0.3, 0.4) is 0 Å². The van der Waals surface area contributed by atoms with Crippen molar-refractivity contribution < 1.29 is 0 Å². The smallest absolute Gasteiger partial charge is 0.348 e. The third-order valence-corrected chi connectivity index (χ3v) is 3.48. The third-order valence-electron chi connectivity index (χ3n) is 2.54. The largest absolute Gasteiger partial charge is 0.362 e. The molecule has 2 aromatic rings. The predicted molar refractivity (Wildman–Crippen MR) is 73.4 cm³/mol. The van der Waals surface area contributed by atoms with Crippen molar-refractivity contribution in [3.05, 3.63) is 39.0 Å². The van der Waals surface area contributed by atoms with Gasteiger partial charge in [0.15, 0.2) is 5.13 Å². The summed E-state index contributed by atoms with van der Waals surface area (Å²) in [5, 5.41) is 4.04. The Kier molecular flexibility index (Phi) is 3.76. The lowest BCUT2D eigenvalue weighted by Gasteiger charge is -2.07. The highest BCUT2D eigenvalue weighted by molar-refractivity contribution is 7.15. The Labute approximate surface area is 110 Å². The van der Waals surface area contributed by atoms with E-state index in [1.54, 1.807) is 22.1 Å². The monoisotopic (exact) mass is 264 g/mol. The van der Waals surface area contributed by atoms with Crippen LogP contribution in [-0.4, -0.2) is 21.1 Å². The highest BCUT2D eigenvalue weighted by Gasteiger charge is 2.06. The van der Waals surface area contributed by atoms with Crippen LogP contribution in [0.5, 0.6) is 0 Å². The van der Waals surface area contributed by atoms with E-state index in [0.29, 0.717) is 6.54 Å². The molecule has 0 bridgehead atoms. The van der Waals surface area contributed by atoms with E-state index in [4.69, 9.17) is 0 Å². The first-order valence-corrected chi connectivity index (χ1v) is 6.65. The first kappa shape index (κ1) is 12.8. The summed E-state index contributed by atoms with van der Waals surface area (Å²) >= 11 is 1.56. The molecule has 6 heteroatoms. The molecule has 0 aliphatic rings. The van der Waals surface area contributed by atoms with Gasteiger partial charge in [-0.15, -0.1) is 11.3 Å². The number of hydrogen-bond acceptors (Lipinski definition) is 5. The van der Waals surface area contributed by atoms with Crippen molar-refractivity contribution in [1.29, 1.82) is 0 Å². The number of thiazole rings is 1. The van der Waals surface area contributed by atoms with Gasteiger partial charge in [-0.25, -0.2) is 9.78 Å². The Balaban J connectivity index is 2.25. The second kappa shape index (κ2) is 5.30. The molecule has 2 heterocycles. The van der Waals surface area contributed by atoms with E-state index in [2.05, 4.69) is 15.3 Å². The summed E-state index contributed by atoms with van der Waals surface area (Å²) in [6.45, 7) is 7.15. The average Bonchev–Trinajstić information content (AvgIpc) is 2.72. The Bertz CT molecular complexity index is 602. The maximum absolute atomic E-state index is 11.8. The molecule has 0 unspecified atom stereocenters. The summed E-state index contributed by atoms with van der Waals surface area (Å²) in [7, 11) is 0. The van der Waals surface area contributed by atoms with E-state index in [1.807, 2.05) is 26.8 Å². The summed E-state index contributed by atoms with van der Waals surface area (Å²) in [5.74, 6) is 0. The van der Waals surface area contributed by atoms with Crippen molar-refractivity contribution in [1.82, 2.24) is 14.5 Å². The van der Waals surface area contributed by atoms with Crippen LogP contribution in [0, 0.1) is 13.8 Å². The fourth-order valence-electron chi connectivity index (χ4n) is 1.74. The minimum absolute atomic E-state index is 0.203. The average molecular weight is 264 g/mol. The van der Waals surface area contributed by atoms with Crippen LogP contribution in [-0.2, 0) is 6.54 Å². The van der Waals surface area contributed by atoms with Crippen molar-refractivity contribution in [3.8, 4) is 0 Å². The number of aryl methyl sites for hydroxylation is 2. The molecule has 0 aliphatic carbocycles.